The highest BCUT2D eigenvalue weighted by atomic mass is 16.5. The molecule has 34 heavy (non-hydrogen) atoms. The van der Waals surface area contributed by atoms with Crippen LogP contribution >= 0.6 is 0 Å². The zero-order valence-electron chi connectivity index (χ0n) is 22.9. The molecule has 5 rings (SSSR count). The lowest BCUT2D eigenvalue weighted by atomic mass is 9.34. The topological polar surface area (TPSA) is 69.9 Å². The molecule has 5 aliphatic rings. The van der Waals surface area contributed by atoms with E-state index in [2.05, 4.69) is 54.5 Å². The van der Waals surface area contributed by atoms with Gasteiger partial charge < -0.3 is 20.1 Å². The lowest BCUT2D eigenvalue weighted by Gasteiger charge is -2.71. The van der Waals surface area contributed by atoms with Crippen molar-refractivity contribution < 1.29 is 20.1 Å². The molecule has 0 radical (unpaired) electrons. The highest BCUT2D eigenvalue weighted by molar-refractivity contribution is 5.22. The van der Waals surface area contributed by atoms with E-state index >= 15 is 0 Å². The third kappa shape index (κ3) is 3.17. The van der Waals surface area contributed by atoms with Crippen molar-refractivity contribution >= 4 is 0 Å². The summed E-state index contributed by atoms with van der Waals surface area (Å²) < 4.78 is 6.98. The fraction of sp³-hybridized carbons (Fsp3) is 0.933. The van der Waals surface area contributed by atoms with E-state index in [1.165, 1.54) is 5.57 Å². The van der Waals surface area contributed by atoms with Crippen molar-refractivity contribution in [3.8, 4) is 0 Å². The molecule has 1 aliphatic heterocycles. The van der Waals surface area contributed by atoms with Gasteiger partial charge in [0.2, 0.25) is 0 Å². The van der Waals surface area contributed by atoms with Crippen LogP contribution in [0.25, 0.3) is 0 Å². The molecule has 4 heteroatoms. The molecule has 0 amide bonds. The van der Waals surface area contributed by atoms with Crippen LogP contribution in [0.4, 0.5) is 0 Å². The van der Waals surface area contributed by atoms with Crippen LogP contribution in [0.1, 0.15) is 100 Å². The molecule has 0 unspecified atom stereocenters. The summed E-state index contributed by atoms with van der Waals surface area (Å²) in [5.74, 6) is 1.07. The van der Waals surface area contributed by atoms with Crippen molar-refractivity contribution in [1.82, 2.24) is 0 Å². The Balaban J connectivity index is 1.62. The normalized spacial score (nSPS) is 58.2. The first-order valence-corrected chi connectivity index (χ1v) is 14.0. The maximum absolute atomic E-state index is 11.8. The summed E-state index contributed by atoms with van der Waals surface area (Å²) in [6, 6.07) is 0. The SMILES string of the molecule is CC(C)=C[C@H]1C[C@](C)(O)[C@H]2CC[C@]3(C)[C@@H]2[C@H](C[C@@H]2[C@]4(C)CC[C@@H](O)C(C)(C)[C@H]4[C@@H](O)C[C@]23C)O1. The van der Waals surface area contributed by atoms with Crippen LogP contribution in [-0.4, -0.2) is 45.3 Å². The fourth-order valence-corrected chi connectivity index (χ4v) is 11.0. The zero-order valence-corrected chi connectivity index (χ0v) is 22.9. The second-order valence-electron chi connectivity index (χ2n) is 14.9. The highest BCUT2D eigenvalue weighted by Gasteiger charge is 2.73. The number of ether oxygens (including phenoxy) is 1. The molecular weight excluding hydrogens is 424 g/mol. The van der Waals surface area contributed by atoms with Gasteiger partial charge in [0.25, 0.3) is 0 Å². The van der Waals surface area contributed by atoms with E-state index in [1.807, 2.05) is 6.92 Å². The van der Waals surface area contributed by atoms with E-state index in [4.69, 9.17) is 4.74 Å². The van der Waals surface area contributed by atoms with Crippen LogP contribution in [0.5, 0.6) is 0 Å². The summed E-state index contributed by atoms with van der Waals surface area (Å²) in [7, 11) is 0. The number of rotatable bonds is 1. The maximum Gasteiger partial charge on any atom is 0.0789 e. The van der Waals surface area contributed by atoms with Crippen molar-refractivity contribution in [3.05, 3.63) is 11.6 Å². The molecule has 0 aromatic rings. The average molecular weight is 475 g/mol. The Morgan fingerprint density at radius 3 is 2.24 bits per heavy atom. The lowest BCUT2D eigenvalue weighted by Crippen LogP contribution is -2.69. The van der Waals surface area contributed by atoms with Gasteiger partial charge >= 0.3 is 0 Å². The summed E-state index contributed by atoms with van der Waals surface area (Å²) in [6.07, 6.45) is 7.89. The van der Waals surface area contributed by atoms with E-state index in [-0.39, 0.29) is 51.8 Å². The van der Waals surface area contributed by atoms with Crippen LogP contribution in [-0.2, 0) is 4.74 Å². The molecule has 0 aromatic heterocycles. The van der Waals surface area contributed by atoms with Gasteiger partial charge in [0.05, 0.1) is 30.0 Å². The predicted molar refractivity (Wildman–Crippen MR) is 135 cm³/mol. The first-order valence-electron chi connectivity index (χ1n) is 14.0. The molecule has 5 fully saturated rings. The summed E-state index contributed by atoms with van der Waals surface area (Å²) in [6.45, 7) is 18.0. The number of allylic oxidation sites excluding steroid dienone is 1. The van der Waals surface area contributed by atoms with Crippen LogP contribution in [0.3, 0.4) is 0 Å². The molecule has 0 spiro atoms. The number of fused-ring (bicyclic) bond motifs is 4. The molecular formula is C30H50O4. The van der Waals surface area contributed by atoms with Crippen molar-refractivity contribution in [2.45, 2.75) is 130 Å². The van der Waals surface area contributed by atoms with E-state index in [1.54, 1.807) is 0 Å². The summed E-state index contributed by atoms with van der Waals surface area (Å²) in [4.78, 5) is 0. The fourth-order valence-electron chi connectivity index (χ4n) is 11.0. The van der Waals surface area contributed by atoms with Gasteiger partial charge in [0, 0.05) is 6.42 Å². The Morgan fingerprint density at radius 1 is 0.912 bits per heavy atom. The minimum atomic E-state index is -0.742. The third-order valence-corrected chi connectivity index (χ3v) is 12.5. The average Bonchev–Trinajstić information content (AvgIpc) is 3.01. The van der Waals surface area contributed by atoms with Gasteiger partial charge in [0.1, 0.15) is 0 Å². The van der Waals surface area contributed by atoms with Gasteiger partial charge in [-0.15, -0.1) is 0 Å². The van der Waals surface area contributed by atoms with Gasteiger partial charge in [-0.05, 0) is 105 Å². The standard InChI is InChI=1S/C30H50O4/c1-17(2)13-18-15-30(8,33)19-9-12-28(6)24(19)21(34-18)14-22-27(5)11-10-23(32)26(3,4)25(27)20(31)16-29(22,28)7/h13,18-25,31-33H,9-12,14-16H2,1-8H3/t18-,19-,20-,21-,22+,23+,24-,25+,27-,28+,29+,30-/m0/s1. The lowest BCUT2D eigenvalue weighted by molar-refractivity contribution is -0.276. The van der Waals surface area contributed by atoms with E-state index < -0.39 is 11.7 Å². The molecule has 4 aliphatic carbocycles. The molecule has 0 bridgehead atoms. The van der Waals surface area contributed by atoms with Gasteiger partial charge in [-0.1, -0.05) is 46.3 Å². The Morgan fingerprint density at radius 2 is 1.59 bits per heavy atom. The number of aliphatic hydroxyl groups is 3. The maximum atomic E-state index is 11.8. The van der Waals surface area contributed by atoms with Gasteiger partial charge in [-0.2, -0.15) is 0 Å². The van der Waals surface area contributed by atoms with Crippen LogP contribution in [0, 0.1) is 45.3 Å². The molecule has 4 saturated carbocycles. The first kappa shape index (κ1) is 25.2. The highest BCUT2D eigenvalue weighted by Crippen LogP contribution is 2.76. The second kappa shape index (κ2) is 7.55. The molecule has 1 saturated heterocycles. The number of hydrogen-bond donors (Lipinski definition) is 3. The quantitative estimate of drug-likeness (QED) is 0.440. The molecule has 1 heterocycles. The Hall–Kier alpha value is -0.420. The Labute approximate surface area is 207 Å². The number of hydrogen-bond acceptors (Lipinski definition) is 4. The van der Waals surface area contributed by atoms with Gasteiger partial charge in [-0.25, -0.2) is 0 Å². The Kier molecular flexibility index (Phi) is 5.61. The number of aliphatic hydroxyl groups excluding tert-OH is 2. The van der Waals surface area contributed by atoms with E-state index in [9.17, 15) is 15.3 Å². The van der Waals surface area contributed by atoms with Crippen molar-refractivity contribution in [2.75, 3.05) is 0 Å². The smallest absolute Gasteiger partial charge is 0.0789 e. The minimum Gasteiger partial charge on any atom is -0.393 e. The summed E-state index contributed by atoms with van der Waals surface area (Å²) in [5, 5.41) is 34.5. The summed E-state index contributed by atoms with van der Waals surface area (Å²) >= 11 is 0. The Bertz CT molecular complexity index is 858. The molecule has 3 N–H and O–H groups in total. The predicted octanol–water partition coefficient (Wildman–Crippen LogP) is 5.49. The van der Waals surface area contributed by atoms with Crippen LogP contribution in [0.2, 0.25) is 0 Å². The van der Waals surface area contributed by atoms with E-state index in [0.717, 1.165) is 38.5 Å². The largest absolute Gasteiger partial charge is 0.393 e. The van der Waals surface area contributed by atoms with Crippen molar-refractivity contribution in [2.24, 2.45) is 45.3 Å². The zero-order chi connectivity index (χ0) is 25.1. The molecule has 0 aromatic carbocycles. The monoisotopic (exact) mass is 474 g/mol. The first-order chi connectivity index (χ1) is 15.6. The van der Waals surface area contributed by atoms with E-state index in [0.29, 0.717) is 18.3 Å². The molecule has 12 atom stereocenters. The second-order valence-corrected chi connectivity index (χ2v) is 14.9. The van der Waals surface area contributed by atoms with Gasteiger partial charge in [0.15, 0.2) is 0 Å². The molecule has 194 valence electrons. The van der Waals surface area contributed by atoms with Crippen LogP contribution < -0.4 is 0 Å². The third-order valence-electron chi connectivity index (χ3n) is 12.5. The van der Waals surface area contributed by atoms with Crippen LogP contribution in [0.15, 0.2) is 11.6 Å². The van der Waals surface area contributed by atoms with Crippen molar-refractivity contribution in [1.29, 1.82) is 0 Å². The minimum absolute atomic E-state index is 0.0122. The van der Waals surface area contributed by atoms with Crippen molar-refractivity contribution in [3.63, 3.8) is 0 Å². The summed E-state index contributed by atoms with van der Waals surface area (Å²) in [5.41, 5.74) is 0.167. The van der Waals surface area contributed by atoms with Gasteiger partial charge in [-0.3, -0.25) is 0 Å². The molecule has 4 nitrogen and oxygen atoms in total.